The van der Waals surface area contributed by atoms with Gasteiger partial charge in [-0.05, 0) is 98.5 Å². The molecule has 2 heterocycles. The van der Waals surface area contributed by atoms with Crippen molar-refractivity contribution in [2.75, 3.05) is 46.5 Å². The van der Waals surface area contributed by atoms with E-state index in [-0.39, 0.29) is 34.5 Å². The fourth-order valence-corrected chi connectivity index (χ4v) is 9.99. The van der Waals surface area contributed by atoms with Crippen LogP contribution in [-0.2, 0) is 9.47 Å². The Labute approximate surface area is 238 Å². The van der Waals surface area contributed by atoms with Crippen LogP contribution in [0.15, 0.2) is 27.6 Å². The molecule has 5 fully saturated rings. The summed E-state index contributed by atoms with van der Waals surface area (Å²) in [5.41, 5.74) is 0.0219. The lowest BCUT2D eigenvalue weighted by atomic mass is 9.43. The van der Waals surface area contributed by atoms with Crippen LogP contribution in [0.5, 0.6) is 0 Å². The van der Waals surface area contributed by atoms with Gasteiger partial charge in [-0.25, -0.2) is 9.59 Å². The van der Waals surface area contributed by atoms with Gasteiger partial charge >= 0.3 is 11.7 Å². The first kappa shape index (κ1) is 28.2. The zero-order chi connectivity index (χ0) is 28.1. The Morgan fingerprint density at radius 1 is 1.07 bits per heavy atom. The number of ether oxygens (including phenoxy) is 2. The lowest BCUT2D eigenvalue weighted by molar-refractivity contribution is -0.203. The monoisotopic (exact) mass is 556 g/mol. The van der Waals surface area contributed by atoms with Gasteiger partial charge < -0.3 is 23.9 Å². The predicted molar refractivity (Wildman–Crippen MR) is 151 cm³/mol. The maximum atomic E-state index is 12.9. The molecule has 1 aromatic rings. The minimum Gasteiger partial charge on any atom is -0.448 e. The molecule has 222 valence electrons. The predicted octanol–water partition coefficient (Wildman–Crippen LogP) is 4.65. The average Bonchev–Trinajstić information content (AvgIpc) is 3.24. The van der Waals surface area contributed by atoms with Crippen molar-refractivity contribution in [1.82, 2.24) is 9.80 Å². The van der Waals surface area contributed by atoms with Gasteiger partial charge in [-0.15, -0.1) is 0 Å². The van der Waals surface area contributed by atoms with Gasteiger partial charge in [0.15, 0.2) is 0 Å². The van der Waals surface area contributed by atoms with Crippen molar-refractivity contribution < 1.29 is 23.8 Å². The minimum absolute atomic E-state index is 0.190. The number of aliphatic hydroxyl groups is 1. The number of hydrogen-bond acceptors (Lipinski definition) is 7. The van der Waals surface area contributed by atoms with Crippen molar-refractivity contribution in [3.8, 4) is 0 Å². The van der Waals surface area contributed by atoms with Gasteiger partial charge in [-0.1, -0.05) is 13.8 Å². The first-order chi connectivity index (χ1) is 19.2. The molecule has 1 aliphatic heterocycles. The molecular weight excluding hydrogens is 508 g/mol. The number of carbonyl (C=O) groups excluding carboxylic acids is 1. The van der Waals surface area contributed by atoms with E-state index in [0.717, 1.165) is 96.2 Å². The third-order valence-electron chi connectivity index (χ3n) is 12.5. The first-order valence-corrected chi connectivity index (χ1v) is 15.7. The standard InChI is InChI=1S/C32H48N2O6/c1-30-11-8-24(33(3)29(36)39-19-16-34-14-17-38-18-15-34)20-23(30)5-6-27-26(30)9-12-31(2)25(10-13-32(27,31)37)22-4-7-28(35)40-21-22/h4,7,21,23-27,37H,5-6,8-20H2,1-3H3/t23-,24+,25-,26+,27-,30+,31-,32+/m1/s1. The van der Waals surface area contributed by atoms with Crippen molar-refractivity contribution in [3.63, 3.8) is 0 Å². The number of hydrogen-bond donors (Lipinski definition) is 1. The molecule has 1 aromatic heterocycles. The summed E-state index contributed by atoms with van der Waals surface area (Å²) in [6.45, 7) is 9.26. The van der Waals surface area contributed by atoms with Crippen molar-refractivity contribution in [2.24, 2.45) is 28.6 Å². The van der Waals surface area contributed by atoms with Crippen molar-refractivity contribution >= 4 is 6.09 Å². The van der Waals surface area contributed by atoms with Gasteiger partial charge in [-0.2, -0.15) is 0 Å². The van der Waals surface area contributed by atoms with Crippen LogP contribution in [-0.4, -0.2) is 79.1 Å². The highest BCUT2D eigenvalue weighted by molar-refractivity contribution is 5.67. The molecule has 4 aliphatic carbocycles. The Hall–Kier alpha value is -1.90. The molecule has 8 atom stereocenters. The summed E-state index contributed by atoms with van der Waals surface area (Å²) in [6, 6.07) is 3.64. The van der Waals surface area contributed by atoms with E-state index in [0.29, 0.717) is 24.4 Å². The number of amides is 1. The van der Waals surface area contributed by atoms with E-state index in [1.807, 2.05) is 18.0 Å². The zero-order valence-corrected chi connectivity index (χ0v) is 24.6. The number of morpholine rings is 1. The second-order valence-electron chi connectivity index (χ2n) is 14.0. The topological polar surface area (TPSA) is 92.5 Å². The average molecular weight is 557 g/mol. The van der Waals surface area contributed by atoms with Gasteiger partial charge in [0.05, 0.1) is 25.1 Å². The van der Waals surface area contributed by atoms with Gasteiger partial charge in [0.25, 0.3) is 0 Å². The highest BCUT2D eigenvalue weighted by Crippen LogP contribution is 2.70. The largest absolute Gasteiger partial charge is 0.448 e. The molecule has 0 bridgehead atoms. The Bertz CT molecular complexity index is 1110. The Kier molecular flexibility index (Phi) is 7.58. The molecule has 8 nitrogen and oxygen atoms in total. The molecule has 1 saturated heterocycles. The van der Waals surface area contributed by atoms with Crippen LogP contribution < -0.4 is 5.63 Å². The normalized spacial score (nSPS) is 41.5. The molecule has 0 aromatic carbocycles. The van der Waals surface area contributed by atoms with E-state index in [4.69, 9.17) is 13.9 Å². The molecule has 8 heteroatoms. The van der Waals surface area contributed by atoms with Crippen LogP contribution in [0.4, 0.5) is 4.79 Å². The summed E-state index contributed by atoms with van der Waals surface area (Å²) >= 11 is 0. The van der Waals surface area contributed by atoms with Crippen LogP contribution in [0.25, 0.3) is 0 Å². The van der Waals surface area contributed by atoms with Gasteiger partial charge in [-0.3, -0.25) is 4.90 Å². The second-order valence-corrected chi connectivity index (χ2v) is 14.0. The molecule has 4 saturated carbocycles. The summed E-state index contributed by atoms with van der Waals surface area (Å²) in [4.78, 5) is 28.6. The van der Waals surface area contributed by atoms with E-state index in [2.05, 4.69) is 18.7 Å². The van der Waals surface area contributed by atoms with E-state index in [1.54, 1.807) is 6.26 Å². The summed E-state index contributed by atoms with van der Waals surface area (Å²) in [5.74, 6) is 1.58. The minimum atomic E-state index is -0.692. The summed E-state index contributed by atoms with van der Waals surface area (Å²) in [5, 5.41) is 12.5. The number of carbonyl (C=O) groups is 1. The molecule has 0 spiro atoms. The highest BCUT2D eigenvalue weighted by atomic mass is 16.6. The lowest BCUT2D eigenvalue weighted by Gasteiger charge is -2.64. The number of rotatable bonds is 5. The van der Waals surface area contributed by atoms with Crippen molar-refractivity contribution in [3.05, 3.63) is 34.4 Å². The fraction of sp³-hybridized carbons (Fsp3) is 0.812. The molecule has 5 aliphatic rings. The molecule has 1 N–H and O–H groups in total. The zero-order valence-electron chi connectivity index (χ0n) is 24.6. The second kappa shape index (κ2) is 10.7. The van der Waals surface area contributed by atoms with E-state index in [1.165, 1.54) is 6.07 Å². The maximum absolute atomic E-state index is 12.9. The highest BCUT2D eigenvalue weighted by Gasteiger charge is 2.67. The third kappa shape index (κ3) is 4.62. The maximum Gasteiger partial charge on any atom is 0.409 e. The number of nitrogens with zero attached hydrogens (tertiary/aromatic N) is 2. The number of fused-ring (bicyclic) bond motifs is 5. The SMILES string of the molecule is CN(C(=O)OCCN1CCOCC1)[C@H]1CC[C@@]2(C)[C@H](CC[C@@H]3[C@@H]2CC[C@]2(C)[C@@H](c4ccc(=O)oc4)CC[C@]32O)C1. The van der Waals surface area contributed by atoms with E-state index < -0.39 is 5.60 Å². The molecule has 40 heavy (non-hydrogen) atoms. The van der Waals surface area contributed by atoms with Crippen LogP contribution in [0, 0.1) is 28.6 Å². The first-order valence-electron chi connectivity index (χ1n) is 15.7. The molecule has 6 rings (SSSR count). The van der Waals surface area contributed by atoms with Crippen molar-refractivity contribution in [1.29, 1.82) is 0 Å². The molecular formula is C32H48N2O6. The van der Waals surface area contributed by atoms with Crippen LogP contribution in [0.2, 0.25) is 0 Å². The molecule has 0 radical (unpaired) electrons. The van der Waals surface area contributed by atoms with Crippen LogP contribution >= 0.6 is 0 Å². The Balaban J connectivity index is 1.10. The van der Waals surface area contributed by atoms with Gasteiger partial charge in [0.2, 0.25) is 0 Å². The summed E-state index contributed by atoms with van der Waals surface area (Å²) in [7, 11) is 1.91. The fourth-order valence-electron chi connectivity index (χ4n) is 9.99. The van der Waals surface area contributed by atoms with E-state index >= 15 is 0 Å². The van der Waals surface area contributed by atoms with Crippen molar-refractivity contribution in [2.45, 2.75) is 89.2 Å². The van der Waals surface area contributed by atoms with Gasteiger partial charge in [0, 0.05) is 44.2 Å². The van der Waals surface area contributed by atoms with E-state index in [9.17, 15) is 14.7 Å². The third-order valence-corrected chi connectivity index (χ3v) is 12.5. The molecule has 1 amide bonds. The Morgan fingerprint density at radius 3 is 2.62 bits per heavy atom. The van der Waals surface area contributed by atoms with Crippen LogP contribution in [0.3, 0.4) is 0 Å². The molecule has 0 unspecified atom stereocenters. The Morgan fingerprint density at radius 2 is 1.88 bits per heavy atom. The smallest absolute Gasteiger partial charge is 0.409 e. The van der Waals surface area contributed by atoms with Crippen LogP contribution in [0.1, 0.15) is 83.1 Å². The summed E-state index contributed by atoms with van der Waals surface area (Å²) < 4.78 is 16.3. The lowest BCUT2D eigenvalue weighted by Crippen LogP contribution is -2.62. The quantitative estimate of drug-likeness (QED) is 0.564. The van der Waals surface area contributed by atoms with Gasteiger partial charge in [0.1, 0.15) is 6.61 Å². The summed E-state index contributed by atoms with van der Waals surface area (Å²) in [6.07, 6.45) is 10.6.